The van der Waals surface area contributed by atoms with Crippen LogP contribution in [-0.2, 0) is 13.0 Å². The second-order valence-corrected chi connectivity index (χ2v) is 6.26. The third-order valence-electron chi connectivity index (χ3n) is 4.10. The van der Waals surface area contributed by atoms with Gasteiger partial charge in [-0.05, 0) is 56.2 Å². The number of pyridine rings is 1. The molecule has 140 valence electrons. The molecule has 0 saturated heterocycles. The Labute approximate surface area is 160 Å². The highest BCUT2D eigenvalue weighted by molar-refractivity contribution is 5.79. The third kappa shape index (κ3) is 5.67. The number of guanidine groups is 1. The van der Waals surface area contributed by atoms with E-state index in [4.69, 9.17) is 0 Å². The molecule has 0 aliphatic carbocycles. The van der Waals surface area contributed by atoms with E-state index in [2.05, 4.69) is 56.9 Å². The van der Waals surface area contributed by atoms with Crippen LogP contribution in [0.25, 0.3) is 5.69 Å². The minimum absolute atomic E-state index is 0.565. The van der Waals surface area contributed by atoms with Crippen LogP contribution in [0.5, 0.6) is 0 Å². The van der Waals surface area contributed by atoms with Gasteiger partial charge in [0.05, 0.1) is 17.9 Å². The van der Waals surface area contributed by atoms with Crippen LogP contribution < -0.4 is 10.6 Å². The summed E-state index contributed by atoms with van der Waals surface area (Å²) in [6.07, 6.45) is 4.65. The van der Waals surface area contributed by atoms with Crippen LogP contribution in [0.15, 0.2) is 65.9 Å². The Hall–Kier alpha value is -3.15. The minimum atomic E-state index is 0.565. The minimum Gasteiger partial charge on any atom is -0.357 e. The SMILES string of the molecule is CCNC(=NCc1cccc(C)n1)NCCc1ccc(-n2cccn2)cc1. The van der Waals surface area contributed by atoms with E-state index < -0.39 is 0 Å². The molecule has 0 radical (unpaired) electrons. The normalized spacial score (nSPS) is 11.4. The maximum atomic E-state index is 4.62. The first-order valence-corrected chi connectivity index (χ1v) is 9.28. The first kappa shape index (κ1) is 18.6. The molecule has 2 N–H and O–H groups in total. The van der Waals surface area contributed by atoms with Crippen molar-refractivity contribution >= 4 is 5.96 Å². The predicted molar refractivity (Wildman–Crippen MR) is 109 cm³/mol. The molecule has 0 aliphatic rings. The molecule has 1 aromatic carbocycles. The molecule has 0 amide bonds. The molecule has 3 rings (SSSR count). The van der Waals surface area contributed by atoms with Crippen molar-refractivity contribution in [1.29, 1.82) is 0 Å². The van der Waals surface area contributed by atoms with Crippen LogP contribution in [0.1, 0.15) is 23.9 Å². The van der Waals surface area contributed by atoms with E-state index in [0.717, 1.165) is 42.5 Å². The number of benzene rings is 1. The van der Waals surface area contributed by atoms with E-state index in [1.807, 2.05) is 42.1 Å². The molecule has 6 nitrogen and oxygen atoms in total. The van der Waals surface area contributed by atoms with Gasteiger partial charge in [0.1, 0.15) is 0 Å². The predicted octanol–water partition coefficient (Wildman–Crippen LogP) is 2.87. The van der Waals surface area contributed by atoms with Crippen molar-refractivity contribution in [2.75, 3.05) is 13.1 Å². The van der Waals surface area contributed by atoms with E-state index in [9.17, 15) is 0 Å². The highest BCUT2D eigenvalue weighted by atomic mass is 15.3. The molecule has 0 spiro atoms. The summed E-state index contributed by atoms with van der Waals surface area (Å²) in [4.78, 5) is 9.12. The molecular weight excluding hydrogens is 336 g/mol. The summed E-state index contributed by atoms with van der Waals surface area (Å²) in [5, 5.41) is 10.9. The molecule has 0 saturated carbocycles. The van der Waals surface area contributed by atoms with E-state index in [0.29, 0.717) is 6.54 Å². The van der Waals surface area contributed by atoms with Crippen molar-refractivity contribution in [2.24, 2.45) is 4.99 Å². The van der Waals surface area contributed by atoms with Crippen LogP contribution >= 0.6 is 0 Å². The average molecular weight is 362 g/mol. The zero-order valence-electron chi connectivity index (χ0n) is 15.9. The van der Waals surface area contributed by atoms with Gasteiger partial charge in [0, 0.05) is 31.2 Å². The van der Waals surface area contributed by atoms with Gasteiger partial charge in [-0.15, -0.1) is 0 Å². The Bertz CT molecular complexity index is 853. The zero-order valence-corrected chi connectivity index (χ0v) is 15.9. The molecule has 0 bridgehead atoms. The van der Waals surface area contributed by atoms with Crippen LogP contribution in [0.3, 0.4) is 0 Å². The van der Waals surface area contributed by atoms with Gasteiger partial charge in [0.2, 0.25) is 0 Å². The highest BCUT2D eigenvalue weighted by Gasteiger charge is 2.01. The summed E-state index contributed by atoms with van der Waals surface area (Å²) in [7, 11) is 0. The van der Waals surface area contributed by atoms with Gasteiger partial charge in [-0.25, -0.2) is 9.67 Å². The Morgan fingerprint density at radius 2 is 1.93 bits per heavy atom. The average Bonchev–Trinajstić information content (AvgIpc) is 3.21. The van der Waals surface area contributed by atoms with Crippen LogP contribution in [0.2, 0.25) is 0 Å². The fraction of sp³-hybridized carbons (Fsp3) is 0.286. The zero-order chi connectivity index (χ0) is 18.9. The smallest absolute Gasteiger partial charge is 0.191 e. The van der Waals surface area contributed by atoms with E-state index >= 15 is 0 Å². The van der Waals surface area contributed by atoms with Gasteiger partial charge in [-0.3, -0.25) is 4.98 Å². The fourth-order valence-electron chi connectivity index (χ4n) is 2.75. The summed E-state index contributed by atoms with van der Waals surface area (Å²) < 4.78 is 1.86. The number of aryl methyl sites for hydroxylation is 1. The first-order chi connectivity index (χ1) is 13.2. The number of nitrogens with one attached hydrogen (secondary N) is 2. The second-order valence-electron chi connectivity index (χ2n) is 6.26. The van der Waals surface area contributed by atoms with E-state index in [-0.39, 0.29) is 0 Å². The molecule has 2 aromatic heterocycles. The Balaban J connectivity index is 1.52. The lowest BCUT2D eigenvalue weighted by molar-refractivity contribution is 0.795. The van der Waals surface area contributed by atoms with Crippen molar-refractivity contribution in [3.63, 3.8) is 0 Å². The number of hydrogen-bond acceptors (Lipinski definition) is 3. The van der Waals surface area contributed by atoms with Gasteiger partial charge in [0.25, 0.3) is 0 Å². The summed E-state index contributed by atoms with van der Waals surface area (Å²) in [5.74, 6) is 0.814. The molecule has 27 heavy (non-hydrogen) atoms. The standard InChI is InChI=1S/C21H26N6/c1-3-22-21(24-16-19-7-4-6-17(2)26-19)23-14-12-18-8-10-20(11-9-18)27-15-5-13-25-27/h4-11,13,15H,3,12,14,16H2,1-2H3,(H2,22,23,24). The lowest BCUT2D eigenvalue weighted by atomic mass is 10.1. The maximum Gasteiger partial charge on any atom is 0.191 e. The van der Waals surface area contributed by atoms with Gasteiger partial charge >= 0.3 is 0 Å². The molecule has 2 heterocycles. The quantitative estimate of drug-likeness (QED) is 0.501. The van der Waals surface area contributed by atoms with Crippen LogP contribution in [0.4, 0.5) is 0 Å². The molecule has 0 fully saturated rings. The molecule has 0 unspecified atom stereocenters. The molecule has 0 aliphatic heterocycles. The molecular formula is C21H26N6. The van der Waals surface area contributed by atoms with Crippen molar-refractivity contribution in [3.05, 3.63) is 77.9 Å². The maximum absolute atomic E-state index is 4.62. The number of rotatable bonds is 7. The van der Waals surface area contributed by atoms with Crippen molar-refractivity contribution < 1.29 is 0 Å². The number of aromatic nitrogens is 3. The summed E-state index contributed by atoms with van der Waals surface area (Å²) in [6, 6.07) is 16.4. The van der Waals surface area contributed by atoms with Gasteiger partial charge in [-0.2, -0.15) is 5.10 Å². The number of nitrogens with zero attached hydrogens (tertiary/aromatic N) is 4. The number of hydrogen-bond donors (Lipinski definition) is 2. The van der Waals surface area contributed by atoms with Crippen molar-refractivity contribution in [1.82, 2.24) is 25.4 Å². The van der Waals surface area contributed by atoms with Gasteiger partial charge in [-0.1, -0.05) is 18.2 Å². The van der Waals surface area contributed by atoms with Crippen LogP contribution in [0, 0.1) is 6.92 Å². The molecule has 6 heteroatoms. The first-order valence-electron chi connectivity index (χ1n) is 9.28. The largest absolute Gasteiger partial charge is 0.357 e. The Kier molecular flexibility index (Phi) is 6.57. The molecule has 3 aromatic rings. The van der Waals surface area contributed by atoms with Crippen LogP contribution in [-0.4, -0.2) is 33.8 Å². The summed E-state index contributed by atoms with van der Waals surface area (Å²) >= 11 is 0. The monoisotopic (exact) mass is 362 g/mol. The highest BCUT2D eigenvalue weighted by Crippen LogP contribution is 2.08. The molecule has 0 atom stereocenters. The van der Waals surface area contributed by atoms with Gasteiger partial charge in [0.15, 0.2) is 5.96 Å². The third-order valence-corrected chi connectivity index (χ3v) is 4.10. The summed E-state index contributed by atoms with van der Waals surface area (Å²) in [6.45, 7) is 6.26. The van der Waals surface area contributed by atoms with E-state index in [1.165, 1.54) is 5.56 Å². The van der Waals surface area contributed by atoms with Crippen molar-refractivity contribution in [2.45, 2.75) is 26.8 Å². The second kappa shape index (κ2) is 9.52. The Morgan fingerprint density at radius 3 is 2.63 bits per heavy atom. The Morgan fingerprint density at radius 1 is 1.07 bits per heavy atom. The topological polar surface area (TPSA) is 67.1 Å². The van der Waals surface area contributed by atoms with Gasteiger partial charge < -0.3 is 10.6 Å². The fourth-order valence-corrected chi connectivity index (χ4v) is 2.75. The lowest BCUT2D eigenvalue weighted by Gasteiger charge is -2.11. The van der Waals surface area contributed by atoms with E-state index in [1.54, 1.807) is 6.20 Å². The number of aliphatic imine (C=N–C) groups is 1. The lowest BCUT2D eigenvalue weighted by Crippen LogP contribution is -2.38. The summed E-state index contributed by atoms with van der Waals surface area (Å²) in [5.41, 5.74) is 4.33. The van der Waals surface area contributed by atoms with Crippen molar-refractivity contribution in [3.8, 4) is 5.69 Å².